The largest absolute Gasteiger partial charge is 0.419 e. The van der Waals surface area contributed by atoms with Gasteiger partial charge in [-0.2, -0.15) is 13.2 Å². The fourth-order valence-electron chi connectivity index (χ4n) is 1.96. The Morgan fingerprint density at radius 1 is 1.32 bits per heavy atom. The summed E-state index contributed by atoms with van der Waals surface area (Å²) in [6.45, 7) is 4.27. The van der Waals surface area contributed by atoms with Gasteiger partial charge in [-0.05, 0) is 17.7 Å². The van der Waals surface area contributed by atoms with Crippen LogP contribution in [0.25, 0.3) is 0 Å². The van der Waals surface area contributed by atoms with Crippen molar-refractivity contribution in [2.45, 2.75) is 19.6 Å². The predicted molar refractivity (Wildman–Crippen MR) is 62.0 cm³/mol. The fraction of sp³-hybridized carbons (Fsp3) is 0.538. The molecule has 1 N–H and O–H groups in total. The number of halogens is 4. The Hall–Kier alpha value is -1.14. The zero-order valence-electron chi connectivity index (χ0n) is 10.5. The smallest absolute Gasteiger partial charge is 0.380 e. The van der Waals surface area contributed by atoms with Crippen LogP contribution >= 0.6 is 0 Å². The molecule has 0 amide bonds. The molecular weight excluding hydrogens is 262 g/mol. The lowest BCUT2D eigenvalue weighted by Crippen LogP contribution is -2.47. The van der Waals surface area contributed by atoms with Gasteiger partial charge in [0, 0.05) is 18.5 Å². The van der Waals surface area contributed by atoms with Crippen molar-refractivity contribution >= 4 is 0 Å². The topological polar surface area (TPSA) is 21.3 Å². The first kappa shape index (κ1) is 14.3. The Bertz CT molecular complexity index is 454. The molecule has 1 heterocycles. The van der Waals surface area contributed by atoms with E-state index in [1.807, 2.05) is 6.92 Å². The summed E-state index contributed by atoms with van der Waals surface area (Å²) in [5.74, 6) is -1.24. The summed E-state index contributed by atoms with van der Waals surface area (Å²) in [7, 11) is 0. The quantitative estimate of drug-likeness (QED) is 0.854. The van der Waals surface area contributed by atoms with Gasteiger partial charge in [-0.3, -0.25) is 0 Å². The van der Waals surface area contributed by atoms with E-state index >= 15 is 0 Å². The van der Waals surface area contributed by atoms with Crippen molar-refractivity contribution in [2.24, 2.45) is 5.41 Å². The van der Waals surface area contributed by atoms with Crippen LogP contribution in [0.4, 0.5) is 17.6 Å². The molecule has 1 aliphatic rings. The van der Waals surface area contributed by atoms with Crippen molar-refractivity contribution < 1.29 is 22.3 Å². The monoisotopic (exact) mass is 277 g/mol. The highest BCUT2D eigenvalue weighted by Gasteiger charge is 2.34. The van der Waals surface area contributed by atoms with Gasteiger partial charge >= 0.3 is 6.18 Å². The van der Waals surface area contributed by atoms with Crippen LogP contribution in [0.2, 0.25) is 0 Å². The predicted octanol–water partition coefficient (Wildman–Crippen LogP) is 2.97. The Balaban J connectivity index is 1.97. The lowest BCUT2D eigenvalue weighted by Gasteiger charge is -2.38. The Morgan fingerprint density at radius 2 is 2.00 bits per heavy atom. The van der Waals surface area contributed by atoms with Gasteiger partial charge in [0.2, 0.25) is 0 Å². The van der Waals surface area contributed by atoms with E-state index in [1.54, 1.807) is 0 Å². The molecule has 0 saturated carbocycles. The summed E-state index contributed by atoms with van der Waals surface area (Å²) in [5.41, 5.74) is -0.755. The maximum atomic E-state index is 13.1. The van der Waals surface area contributed by atoms with Crippen LogP contribution in [0, 0.1) is 11.2 Å². The molecule has 0 spiro atoms. The highest BCUT2D eigenvalue weighted by atomic mass is 19.4. The van der Waals surface area contributed by atoms with E-state index < -0.39 is 17.6 Å². The summed E-state index contributed by atoms with van der Waals surface area (Å²) in [6, 6.07) is 3.06. The van der Waals surface area contributed by atoms with E-state index in [2.05, 4.69) is 5.32 Å². The lowest BCUT2D eigenvalue weighted by molar-refractivity contribution is -0.140. The van der Waals surface area contributed by atoms with Crippen molar-refractivity contribution in [2.75, 3.05) is 19.8 Å². The SMILES string of the molecule is CC1(CNCc2ccc(F)c(C(F)(F)F)c2)COC1. The number of alkyl halides is 3. The number of rotatable bonds is 4. The van der Waals surface area contributed by atoms with Crippen LogP contribution < -0.4 is 5.32 Å². The van der Waals surface area contributed by atoms with Gasteiger partial charge in [0.25, 0.3) is 0 Å². The maximum absolute atomic E-state index is 13.1. The molecule has 1 aliphatic heterocycles. The molecule has 1 saturated heterocycles. The van der Waals surface area contributed by atoms with Crippen molar-refractivity contribution in [3.8, 4) is 0 Å². The molecule has 2 rings (SSSR count). The second-order valence-corrected chi connectivity index (χ2v) is 5.22. The van der Waals surface area contributed by atoms with Crippen LogP contribution in [0.3, 0.4) is 0 Å². The molecule has 0 unspecified atom stereocenters. The van der Waals surface area contributed by atoms with E-state index in [1.165, 1.54) is 6.07 Å². The summed E-state index contributed by atoms with van der Waals surface area (Å²) >= 11 is 0. The second kappa shape index (κ2) is 5.09. The molecule has 0 atom stereocenters. The summed E-state index contributed by atoms with van der Waals surface area (Å²) in [4.78, 5) is 0. The van der Waals surface area contributed by atoms with Gasteiger partial charge in [-0.1, -0.05) is 13.0 Å². The minimum absolute atomic E-state index is 0.0485. The van der Waals surface area contributed by atoms with E-state index in [-0.39, 0.29) is 12.0 Å². The van der Waals surface area contributed by atoms with Crippen LogP contribution in [-0.4, -0.2) is 19.8 Å². The third-order valence-electron chi connectivity index (χ3n) is 3.12. The number of benzene rings is 1. The molecular formula is C13H15F4NO. The number of hydrogen-bond donors (Lipinski definition) is 1. The highest BCUT2D eigenvalue weighted by molar-refractivity contribution is 5.27. The molecule has 2 nitrogen and oxygen atoms in total. The van der Waals surface area contributed by atoms with Gasteiger partial charge in [-0.25, -0.2) is 4.39 Å². The average Bonchev–Trinajstić information content (AvgIpc) is 2.27. The van der Waals surface area contributed by atoms with Crippen LogP contribution in [0.5, 0.6) is 0 Å². The van der Waals surface area contributed by atoms with E-state index in [4.69, 9.17) is 4.74 Å². The van der Waals surface area contributed by atoms with E-state index in [9.17, 15) is 17.6 Å². The third-order valence-corrected chi connectivity index (χ3v) is 3.12. The molecule has 106 valence electrons. The molecule has 1 aromatic rings. The van der Waals surface area contributed by atoms with Crippen molar-refractivity contribution in [1.82, 2.24) is 5.32 Å². The minimum atomic E-state index is -4.66. The van der Waals surface area contributed by atoms with Crippen LogP contribution in [-0.2, 0) is 17.5 Å². The summed E-state index contributed by atoms with van der Waals surface area (Å²) < 4.78 is 55.7. The Morgan fingerprint density at radius 3 is 2.53 bits per heavy atom. The molecule has 6 heteroatoms. The van der Waals surface area contributed by atoms with Gasteiger partial charge in [0.15, 0.2) is 0 Å². The fourth-order valence-corrected chi connectivity index (χ4v) is 1.96. The number of ether oxygens (including phenoxy) is 1. The van der Waals surface area contributed by atoms with Crippen molar-refractivity contribution in [1.29, 1.82) is 0 Å². The summed E-state index contributed by atoms with van der Waals surface area (Å²) in [6.07, 6.45) is -4.66. The van der Waals surface area contributed by atoms with Gasteiger partial charge < -0.3 is 10.1 Å². The molecule has 1 aromatic carbocycles. The molecule has 0 radical (unpaired) electrons. The van der Waals surface area contributed by atoms with Crippen molar-refractivity contribution in [3.05, 3.63) is 35.1 Å². The van der Waals surface area contributed by atoms with Crippen LogP contribution in [0.15, 0.2) is 18.2 Å². The summed E-state index contributed by atoms with van der Waals surface area (Å²) in [5, 5.41) is 3.07. The molecule has 0 aromatic heterocycles. The standard InChI is InChI=1S/C13H15F4NO/c1-12(7-19-8-12)6-18-5-9-2-3-11(14)10(4-9)13(15,16)17/h2-4,18H,5-8H2,1H3. The van der Waals surface area contributed by atoms with Crippen molar-refractivity contribution in [3.63, 3.8) is 0 Å². The lowest BCUT2D eigenvalue weighted by atomic mass is 9.89. The Kier molecular flexibility index (Phi) is 3.82. The first-order valence-electron chi connectivity index (χ1n) is 5.94. The van der Waals surface area contributed by atoms with Gasteiger partial charge in [0.1, 0.15) is 5.82 Å². The number of nitrogens with one attached hydrogen (secondary N) is 1. The second-order valence-electron chi connectivity index (χ2n) is 5.22. The third kappa shape index (κ3) is 3.45. The highest BCUT2D eigenvalue weighted by Crippen LogP contribution is 2.32. The zero-order chi connectivity index (χ0) is 14.1. The van der Waals surface area contributed by atoms with E-state index in [0.717, 1.165) is 12.1 Å². The minimum Gasteiger partial charge on any atom is -0.380 e. The molecule has 0 aliphatic carbocycles. The molecule has 19 heavy (non-hydrogen) atoms. The molecule has 1 fully saturated rings. The average molecular weight is 277 g/mol. The first-order valence-corrected chi connectivity index (χ1v) is 5.94. The van der Waals surface area contributed by atoms with Gasteiger partial charge in [-0.15, -0.1) is 0 Å². The van der Waals surface area contributed by atoms with Gasteiger partial charge in [0.05, 0.1) is 18.8 Å². The van der Waals surface area contributed by atoms with Crippen LogP contribution in [0.1, 0.15) is 18.1 Å². The molecule has 0 bridgehead atoms. The first-order chi connectivity index (χ1) is 8.80. The number of hydrogen-bond acceptors (Lipinski definition) is 2. The van der Waals surface area contributed by atoms with E-state index in [0.29, 0.717) is 25.3 Å². The maximum Gasteiger partial charge on any atom is 0.419 e. The zero-order valence-corrected chi connectivity index (χ0v) is 10.5. The normalized spacial score (nSPS) is 18.2. The Labute approximate surface area is 108 Å².